The molecule has 0 aromatic carbocycles. The summed E-state index contributed by atoms with van der Waals surface area (Å²) in [7, 11) is 0. The maximum Gasteiger partial charge on any atom is 0.547 e. The molecule has 0 N–H and O–H groups in total. The van der Waals surface area contributed by atoms with E-state index in [1.54, 1.807) is 0 Å². The van der Waals surface area contributed by atoms with E-state index >= 15 is 0 Å². The average Bonchev–Trinajstić information content (AvgIpc) is 1.87. The van der Waals surface area contributed by atoms with E-state index in [0.717, 1.165) is 6.92 Å². The predicted octanol–water partition coefficient (Wildman–Crippen LogP) is 0.545. The Morgan fingerprint density at radius 1 is 1.40 bits per heavy atom. The highest BCUT2D eigenvalue weighted by molar-refractivity contribution is 5.66. The Bertz CT molecular complexity index is 134. The lowest BCUT2D eigenvalue weighted by molar-refractivity contribution is -0.157. The molecule has 0 aromatic rings. The molecule has 0 aliphatic heterocycles. The Morgan fingerprint density at radius 2 is 2.00 bits per heavy atom. The number of esters is 1. The number of rotatable bonds is 2. The Labute approximate surface area is 55.6 Å². The van der Waals surface area contributed by atoms with Crippen LogP contribution in [0.5, 0.6) is 0 Å². The molecule has 10 heavy (non-hydrogen) atoms. The minimum atomic E-state index is -1.54. The summed E-state index contributed by atoms with van der Waals surface area (Å²) in [5.41, 5.74) is 0. The van der Waals surface area contributed by atoms with E-state index in [2.05, 4.69) is 14.4 Å². The number of hydrogen-bond donors (Lipinski definition) is 0. The lowest BCUT2D eigenvalue weighted by Crippen LogP contribution is -2.09. The number of halogens is 1. The Hall–Kier alpha value is -1.33. The first-order valence-corrected chi connectivity index (χ1v) is 2.25. The van der Waals surface area contributed by atoms with Gasteiger partial charge in [-0.05, 0) is 0 Å². The molecular weight excluding hydrogens is 147 g/mol. The molecule has 0 amide bonds. The second kappa shape index (κ2) is 4.54. The summed E-state index contributed by atoms with van der Waals surface area (Å²) in [6.45, 7) is 0.474. The van der Waals surface area contributed by atoms with E-state index in [9.17, 15) is 14.1 Å². The molecule has 0 radical (unpaired) electrons. The number of carbonyl (C=O) groups is 2. The van der Waals surface area contributed by atoms with Crippen LogP contribution in [0.3, 0.4) is 0 Å². The van der Waals surface area contributed by atoms with Crippen molar-refractivity contribution in [3.05, 3.63) is 0 Å². The summed E-state index contributed by atoms with van der Waals surface area (Å²) in [6.07, 6.45) is -1.54. The van der Waals surface area contributed by atoms with Gasteiger partial charge in [0.05, 0.1) is 0 Å². The number of hydrogen-bond acceptors (Lipinski definition) is 5. The molecule has 0 atom stereocenters. The van der Waals surface area contributed by atoms with Gasteiger partial charge in [0.15, 0.2) is 0 Å². The minimum absolute atomic E-state index is 0.633. The van der Waals surface area contributed by atoms with Gasteiger partial charge in [0.2, 0.25) is 6.79 Å². The van der Waals surface area contributed by atoms with Gasteiger partial charge in [-0.2, -0.15) is 0 Å². The van der Waals surface area contributed by atoms with Gasteiger partial charge in [-0.1, -0.05) is 0 Å². The molecule has 0 aliphatic rings. The lowest BCUT2D eigenvalue weighted by Gasteiger charge is -1.98. The SMILES string of the molecule is CC(=O)OCOC(=O)OF. The molecule has 5 nitrogen and oxygen atoms in total. The standard InChI is InChI=1S/C4H5FO5/c1-3(6)8-2-9-4(7)10-5/h2H2,1H3. The van der Waals surface area contributed by atoms with E-state index in [1.807, 2.05) is 0 Å². The van der Waals surface area contributed by atoms with Crippen LogP contribution in [0.1, 0.15) is 6.92 Å². The first-order chi connectivity index (χ1) is 4.66. The van der Waals surface area contributed by atoms with Crippen molar-refractivity contribution in [2.45, 2.75) is 6.92 Å². The van der Waals surface area contributed by atoms with E-state index in [1.165, 1.54) is 0 Å². The van der Waals surface area contributed by atoms with E-state index in [4.69, 9.17) is 0 Å². The van der Waals surface area contributed by atoms with Gasteiger partial charge in [0.1, 0.15) is 0 Å². The summed E-state index contributed by atoms with van der Waals surface area (Å²) >= 11 is 0. The molecule has 0 aliphatic carbocycles. The van der Waals surface area contributed by atoms with Gasteiger partial charge in [-0.3, -0.25) is 4.79 Å². The van der Waals surface area contributed by atoms with Gasteiger partial charge >= 0.3 is 12.1 Å². The van der Waals surface area contributed by atoms with Gasteiger partial charge in [0.25, 0.3) is 0 Å². The molecule has 0 aromatic heterocycles. The molecule has 58 valence electrons. The second-order valence-corrected chi connectivity index (χ2v) is 1.23. The first-order valence-electron chi connectivity index (χ1n) is 2.25. The van der Waals surface area contributed by atoms with Crippen molar-refractivity contribution >= 4 is 12.1 Å². The molecule has 0 bridgehead atoms. The highest BCUT2D eigenvalue weighted by Gasteiger charge is 2.02. The quantitative estimate of drug-likeness (QED) is 0.427. The second-order valence-electron chi connectivity index (χ2n) is 1.23. The summed E-state index contributed by atoms with van der Waals surface area (Å²) in [5, 5.41) is 0. The van der Waals surface area contributed by atoms with Crippen molar-refractivity contribution in [2.24, 2.45) is 0 Å². The fraction of sp³-hybridized carbons (Fsp3) is 0.500. The third-order valence-corrected chi connectivity index (χ3v) is 0.502. The van der Waals surface area contributed by atoms with Crippen molar-refractivity contribution in [1.82, 2.24) is 0 Å². The summed E-state index contributed by atoms with van der Waals surface area (Å²) < 4.78 is 18.7. The maximum atomic E-state index is 10.8. The molecule has 6 heteroatoms. The van der Waals surface area contributed by atoms with Crippen LogP contribution < -0.4 is 0 Å². The molecule has 0 saturated heterocycles. The van der Waals surface area contributed by atoms with Crippen LogP contribution in [0.25, 0.3) is 0 Å². The monoisotopic (exact) mass is 152 g/mol. The van der Waals surface area contributed by atoms with Gasteiger partial charge < -0.3 is 9.47 Å². The van der Waals surface area contributed by atoms with Gasteiger partial charge in [-0.25, -0.2) is 9.74 Å². The van der Waals surface area contributed by atoms with Crippen molar-refractivity contribution in [2.75, 3.05) is 6.79 Å². The topological polar surface area (TPSA) is 61.8 Å². The largest absolute Gasteiger partial charge is 0.547 e. The van der Waals surface area contributed by atoms with Crippen LogP contribution in [0, 0.1) is 0 Å². The van der Waals surface area contributed by atoms with Crippen molar-refractivity contribution < 1.29 is 28.5 Å². The highest BCUT2D eigenvalue weighted by Crippen LogP contribution is 1.85. The molecule has 0 rings (SSSR count). The molecule has 0 fully saturated rings. The smallest absolute Gasteiger partial charge is 0.428 e. The zero-order valence-corrected chi connectivity index (χ0v) is 5.13. The Balaban J connectivity index is 3.20. The van der Waals surface area contributed by atoms with Crippen molar-refractivity contribution in [3.63, 3.8) is 0 Å². The van der Waals surface area contributed by atoms with Crippen LogP contribution >= 0.6 is 0 Å². The van der Waals surface area contributed by atoms with Crippen molar-refractivity contribution in [3.8, 4) is 0 Å². The third kappa shape index (κ3) is 4.82. The Morgan fingerprint density at radius 3 is 2.40 bits per heavy atom. The number of carbonyl (C=O) groups excluding carboxylic acids is 2. The van der Waals surface area contributed by atoms with Crippen LogP contribution in [-0.4, -0.2) is 18.9 Å². The zero-order valence-electron chi connectivity index (χ0n) is 5.13. The normalized spacial score (nSPS) is 8.20. The molecular formula is C4H5FO5. The molecule has 0 heterocycles. The third-order valence-electron chi connectivity index (χ3n) is 0.502. The summed E-state index contributed by atoms with van der Waals surface area (Å²) in [6, 6.07) is 0. The maximum absolute atomic E-state index is 10.8. The van der Waals surface area contributed by atoms with E-state index in [0.29, 0.717) is 0 Å². The van der Waals surface area contributed by atoms with Gasteiger partial charge in [0, 0.05) is 11.4 Å². The predicted molar refractivity (Wildman–Crippen MR) is 25.3 cm³/mol. The minimum Gasteiger partial charge on any atom is -0.428 e. The van der Waals surface area contributed by atoms with Gasteiger partial charge in [-0.15, -0.1) is 0 Å². The summed E-state index contributed by atoms with van der Waals surface area (Å²) in [5.74, 6) is -0.633. The molecule has 0 saturated carbocycles. The van der Waals surface area contributed by atoms with Crippen LogP contribution in [0.2, 0.25) is 0 Å². The Kier molecular flexibility index (Phi) is 3.94. The van der Waals surface area contributed by atoms with Crippen LogP contribution in [-0.2, 0) is 19.2 Å². The zero-order chi connectivity index (χ0) is 7.98. The van der Waals surface area contributed by atoms with Crippen molar-refractivity contribution in [1.29, 1.82) is 0 Å². The van der Waals surface area contributed by atoms with E-state index < -0.39 is 18.9 Å². The van der Waals surface area contributed by atoms with Crippen LogP contribution in [0.4, 0.5) is 9.32 Å². The molecule has 0 spiro atoms. The highest BCUT2D eigenvalue weighted by atomic mass is 19.3. The van der Waals surface area contributed by atoms with E-state index in [-0.39, 0.29) is 0 Å². The van der Waals surface area contributed by atoms with Crippen LogP contribution in [0.15, 0.2) is 0 Å². The fourth-order valence-electron chi connectivity index (χ4n) is 0.183. The summed E-state index contributed by atoms with van der Waals surface area (Å²) in [4.78, 5) is 22.3. The average molecular weight is 152 g/mol. The number of ether oxygens (including phenoxy) is 2. The fourth-order valence-corrected chi connectivity index (χ4v) is 0.183. The lowest BCUT2D eigenvalue weighted by atomic mass is 10.8. The first kappa shape index (κ1) is 8.67. The molecule has 0 unspecified atom stereocenters.